The number of carbonyl (C=O) groups is 1. The number of rotatable bonds is 2. The molecule has 2 rings (SSSR count). The smallest absolute Gasteiger partial charge is 0.356 e. The average molecular weight is 286 g/mol. The Morgan fingerprint density at radius 1 is 1.29 bits per heavy atom. The number of nitrogen functional groups attached to an aromatic ring is 1. The van der Waals surface area contributed by atoms with Gasteiger partial charge >= 0.3 is 5.97 Å². The molecule has 2 N–H and O–H groups in total. The molecule has 0 fully saturated rings. The second-order valence-corrected chi connectivity index (χ2v) is 6.26. The van der Waals surface area contributed by atoms with Crippen LogP contribution in [-0.2, 0) is 10.2 Å². The predicted octanol–water partition coefficient (Wildman–Crippen LogP) is 3.60. The second kappa shape index (κ2) is 5.35. The van der Waals surface area contributed by atoms with Crippen molar-refractivity contribution >= 4 is 22.6 Å². The zero-order chi connectivity index (χ0) is 15.8. The first-order valence-electron chi connectivity index (χ1n) is 7.12. The third-order valence-corrected chi connectivity index (χ3v) is 3.44. The maximum absolute atomic E-state index is 12.0. The average Bonchev–Trinajstić information content (AvgIpc) is 2.37. The van der Waals surface area contributed by atoms with Crippen LogP contribution in [0.1, 0.15) is 49.3 Å². The monoisotopic (exact) mass is 286 g/mol. The summed E-state index contributed by atoms with van der Waals surface area (Å²) in [6.07, 6.45) is 0. The number of nitrogens with zero attached hydrogens (tertiary/aromatic N) is 1. The summed E-state index contributed by atoms with van der Waals surface area (Å²) < 4.78 is 5.05. The molecule has 4 nitrogen and oxygen atoms in total. The highest BCUT2D eigenvalue weighted by Gasteiger charge is 2.21. The van der Waals surface area contributed by atoms with Crippen molar-refractivity contribution in [3.63, 3.8) is 0 Å². The maximum Gasteiger partial charge on any atom is 0.356 e. The zero-order valence-corrected chi connectivity index (χ0v) is 13.3. The minimum atomic E-state index is -0.390. The van der Waals surface area contributed by atoms with Crippen molar-refractivity contribution < 1.29 is 9.53 Å². The fourth-order valence-electron chi connectivity index (χ4n) is 2.39. The highest BCUT2D eigenvalue weighted by molar-refractivity contribution is 5.95. The van der Waals surface area contributed by atoms with Gasteiger partial charge in [-0.05, 0) is 48.6 Å². The lowest BCUT2D eigenvalue weighted by molar-refractivity contribution is 0.0520. The molecule has 4 heteroatoms. The number of pyridine rings is 1. The van der Waals surface area contributed by atoms with Gasteiger partial charge in [-0.15, -0.1) is 0 Å². The Morgan fingerprint density at radius 2 is 1.95 bits per heavy atom. The van der Waals surface area contributed by atoms with Crippen molar-refractivity contribution in [1.29, 1.82) is 0 Å². The standard InChI is InChI=1S/C17H22N2O2/c1-6-21-16(20)14-7-10(2)12-8-11(18)9-13(15(12)19-14)17(3,4)5/h7-9H,6,18H2,1-5H3. The molecule has 0 aliphatic heterocycles. The van der Waals surface area contributed by atoms with E-state index in [1.807, 2.05) is 19.1 Å². The second-order valence-electron chi connectivity index (χ2n) is 6.26. The molecular weight excluding hydrogens is 264 g/mol. The van der Waals surface area contributed by atoms with Gasteiger partial charge in [-0.2, -0.15) is 0 Å². The number of fused-ring (bicyclic) bond motifs is 1. The lowest BCUT2D eigenvalue weighted by atomic mass is 9.84. The Labute approximate surface area is 125 Å². The van der Waals surface area contributed by atoms with E-state index in [1.165, 1.54) is 0 Å². The van der Waals surface area contributed by atoms with E-state index in [1.54, 1.807) is 13.0 Å². The fraction of sp³-hybridized carbons (Fsp3) is 0.412. The molecule has 1 aromatic carbocycles. The van der Waals surface area contributed by atoms with Gasteiger partial charge in [0.15, 0.2) is 0 Å². The van der Waals surface area contributed by atoms with Gasteiger partial charge in [0.25, 0.3) is 0 Å². The molecule has 0 bridgehead atoms. The molecule has 21 heavy (non-hydrogen) atoms. The van der Waals surface area contributed by atoms with Crippen molar-refractivity contribution in [3.8, 4) is 0 Å². The Morgan fingerprint density at radius 3 is 2.52 bits per heavy atom. The van der Waals surface area contributed by atoms with Crippen LogP contribution in [-0.4, -0.2) is 17.6 Å². The quantitative estimate of drug-likeness (QED) is 0.676. The largest absolute Gasteiger partial charge is 0.461 e. The highest BCUT2D eigenvalue weighted by atomic mass is 16.5. The normalized spacial score (nSPS) is 11.7. The van der Waals surface area contributed by atoms with E-state index < -0.39 is 0 Å². The van der Waals surface area contributed by atoms with Gasteiger partial charge in [0.2, 0.25) is 0 Å². The molecule has 0 unspecified atom stereocenters. The van der Waals surface area contributed by atoms with Gasteiger partial charge in [-0.25, -0.2) is 9.78 Å². The van der Waals surface area contributed by atoms with Crippen LogP contribution in [0.3, 0.4) is 0 Å². The number of anilines is 1. The molecule has 0 atom stereocenters. The van der Waals surface area contributed by atoms with Gasteiger partial charge in [0.05, 0.1) is 12.1 Å². The summed E-state index contributed by atoms with van der Waals surface area (Å²) in [4.78, 5) is 16.5. The van der Waals surface area contributed by atoms with Crippen molar-refractivity contribution in [3.05, 3.63) is 35.0 Å². The number of carbonyl (C=O) groups excluding carboxylic acids is 1. The van der Waals surface area contributed by atoms with Crippen molar-refractivity contribution in [2.24, 2.45) is 0 Å². The van der Waals surface area contributed by atoms with Gasteiger partial charge in [-0.3, -0.25) is 0 Å². The van der Waals surface area contributed by atoms with Crippen molar-refractivity contribution in [2.75, 3.05) is 12.3 Å². The van der Waals surface area contributed by atoms with Gasteiger partial charge in [0.1, 0.15) is 5.69 Å². The number of hydrogen-bond acceptors (Lipinski definition) is 4. The first kappa shape index (κ1) is 15.3. The van der Waals surface area contributed by atoms with Crippen LogP contribution in [0, 0.1) is 6.92 Å². The number of aromatic nitrogens is 1. The molecule has 0 aliphatic rings. The topological polar surface area (TPSA) is 65.2 Å². The van der Waals surface area contributed by atoms with Crippen LogP contribution in [0.25, 0.3) is 10.9 Å². The van der Waals surface area contributed by atoms with E-state index in [4.69, 9.17) is 10.5 Å². The summed E-state index contributed by atoms with van der Waals surface area (Å²) >= 11 is 0. The first-order chi connectivity index (χ1) is 9.74. The highest BCUT2D eigenvalue weighted by Crippen LogP contribution is 2.32. The summed E-state index contributed by atoms with van der Waals surface area (Å²) in [5.41, 5.74) is 9.79. The van der Waals surface area contributed by atoms with E-state index in [9.17, 15) is 4.79 Å². The summed E-state index contributed by atoms with van der Waals surface area (Å²) in [5.74, 6) is -0.390. The molecule has 0 amide bonds. The lowest BCUT2D eigenvalue weighted by Crippen LogP contribution is -2.15. The fourth-order valence-corrected chi connectivity index (χ4v) is 2.39. The third kappa shape index (κ3) is 2.99. The van der Waals surface area contributed by atoms with Gasteiger partial charge in [-0.1, -0.05) is 20.8 Å². The SMILES string of the molecule is CCOC(=O)c1cc(C)c2cc(N)cc(C(C)(C)C)c2n1. The van der Waals surface area contributed by atoms with E-state index in [0.717, 1.165) is 22.0 Å². The summed E-state index contributed by atoms with van der Waals surface area (Å²) in [6.45, 7) is 10.4. The Balaban J connectivity index is 2.77. The summed E-state index contributed by atoms with van der Waals surface area (Å²) in [6, 6.07) is 5.59. The molecule has 1 heterocycles. The Kier molecular flexibility index (Phi) is 3.90. The number of ether oxygens (including phenoxy) is 1. The molecule has 0 aliphatic carbocycles. The number of esters is 1. The predicted molar refractivity (Wildman–Crippen MR) is 85.5 cm³/mol. The lowest BCUT2D eigenvalue weighted by Gasteiger charge is -2.22. The van der Waals surface area contributed by atoms with E-state index in [-0.39, 0.29) is 11.4 Å². The van der Waals surface area contributed by atoms with E-state index in [0.29, 0.717) is 18.0 Å². The van der Waals surface area contributed by atoms with E-state index in [2.05, 4.69) is 25.8 Å². The molecule has 0 spiro atoms. The molecular formula is C17H22N2O2. The van der Waals surface area contributed by atoms with Crippen molar-refractivity contribution in [1.82, 2.24) is 4.98 Å². The van der Waals surface area contributed by atoms with Crippen LogP contribution in [0.4, 0.5) is 5.69 Å². The first-order valence-corrected chi connectivity index (χ1v) is 7.12. The number of aryl methyl sites for hydroxylation is 1. The van der Waals surface area contributed by atoms with Crippen LogP contribution >= 0.6 is 0 Å². The van der Waals surface area contributed by atoms with Crippen LogP contribution < -0.4 is 5.73 Å². The number of hydrogen-bond donors (Lipinski definition) is 1. The van der Waals surface area contributed by atoms with Crippen molar-refractivity contribution in [2.45, 2.75) is 40.0 Å². The minimum Gasteiger partial charge on any atom is -0.461 e. The van der Waals surface area contributed by atoms with Crippen LogP contribution in [0.5, 0.6) is 0 Å². The van der Waals surface area contributed by atoms with Gasteiger partial charge in [0, 0.05) is 11.1 Å². The maximum atomic E-state index is 12.0. The third-order valence-electron chi connectivity index (χ3n) is 3.44. The Hall–Kier alpha value is -2.10. The summed E-state index contributed by atoms with van der Waals surface area (Å²) in [5, 5.41) is 0.980. The zero-order valence-electron chi connectivity index (χ0n) is 13.3. The number of nitrogens with two attached hydrogens (primary N) is 1. The molecule has 0 saturated carbocycles. The molecule has 0 radical (unpaired) electrons. The van der Waals surface area contributed by atoms with Crippen LogP contribution in [0.2, 0.25) is 0 Å². The van der Waals surface area contributed by atoms with Crippen LogP contribution in [0.15, 0.2) is 18.2 Å². The van der Waals surface area contributed by atoms with Gasteiger partial charge < -0.3 is 10.5 Å². The molecule has 0 saturated heterocycles. The molecule has 2 aromatic rings. The summed E-state index contributed by atoms with van der Waals surface area (Å²) in [7, 11) is 0. The minimum absolute atomic E-state index is 0.111. The van der Waals surface area contributed by atoms with E-state index >= 15 is 0 Å². The Bertz CT molecular complexity index is 700. The number of benzene rings is 1. The molecule has 1 aromatic heterocycles. The molecule has 112 valence electrons.